The van der Waals surface area contributed by atoms with Crippen molar-refractivity contribution in [3.8, 4) is 0 Å². The summed E-state index contributed by atoms with van der Waals surface area (Å²) in [6.45, 7) is 8.53. The van der Waals surface area contributed by atoms with Gasteiger partial charge in [0.25, 0.3) is 0 Å². The second-order valence-electron chi connectivity index (χ2n) is 4.46. The monoisotopic (exact) mass is 250 g/mol. The fraction of sp³-hybridized carbons (Fsp3) is 1.00. The third kappa shape index (κ3) is 10.7. The second-order valence-corrected chi connectivity index (χ2v) is 4.46. The molecular formula is C12H26O5. The van der Waals surface area contributed by atoms with Gasteiger partial charge >= 0.3 is 0 Å². The van der Waals surface area contributed by atoms with Crippen LogP contribution in [0.15, 0.2) is 0 Å². The minimum absolute atomic E-state index is 0.0145. The Morgan fingerprint density at radius 3 is 1.59 bits per heavy atom. The van der Waals surface area contributed by atoms with Crippen molar-refractivity contribution >= 4 is 0 Å². The van der Waals surface area contributed by atoms with Gasteiger partial charge in [0, 0.05) is 0 Å². The summed E-state index contributed by atoms with van der Waals surface area (Å²) in [5.41, 5.74) is 0. The first-order valence-corrected chi connectivity index (χ1v) is 6.09. The Bertz CT molecular complexity index is 174. The van der Waals surface area contributed by atoms with Crippen LogP contribution in [0.1, 0.15) is 27.7 Å². The average Bonchev–Trinajstić information content (AvgIpc) is 2.30. The van der Waals surface area contributed by atoms with Gasteiger partial charge in [-0.2, -0.15) is 0 Å². The van der Waals surface area contributed by atoms with Crippen molar-refractivity contribution in [1.29, 1.82) is 0 Å². The minimum atomic E-state index is -0.455. The number of aliphatic hydroxyl groups excluding tert-OH is 2. The van der Waals surface area contributed by atoms with E-state index in [-0.39, 0.29) is 24.9 Å². The Balaban J connectivity index is 3.51. The van der Waals surface area contributed by atoms with E-state index in [1.54, 1.807) is 13.8 Å². The van der Waals surface area contributed by atoms with E-state index in [1.165, 1.54) is 0 Å². The maximum absolute atomic E-state index is 9.04. The van der Waals surface area contributed by atoms with Crippen LogP contribution < -0.4 is 0 Å². The van der Waals surface area contributed by atoms with Crippen molar-refractivity contribution in [2.45, 2.75) is 52.1 Å². The molecule has 0 saturated heterocycles. The lowest BCUT2D eigenvalue weighted by molar-refractivity contribution is -0.0825. The van der Waals surface area contributed by atoms with E-state index in [1.807, 2.05) is 13.8 Å². The molecule has 17 heavy (non-hydrogen) atoms. The van der Waals surface area contributed by atoms with Gasteiger partial charge in [-0.25, -0.2) is 0 Å². The lowest BCUT2D eigenvalue weighted by atomic mass is 10.3. The highest BCUT2D eigenvalue weighted by molar-refractivity contribution is 4.55. The summed E-state index contributed by atoms with van der Waals surface area (Å²) in [5, 5.41) is 17.8. The standard InChI is InChI=1S/C12H26O5/c1-9(14)6-15-11(3)8-17-12(4)7-16-10(2)5-13/h9-14H,5-8H2,1-4H3/t9-,10-,11+,12-/m0/s1. The summed E-state index contributed by atoms with van der Waals surface area (Å²) in [7, 11) is 0. The molecule has 0 aromatic heterocycles. The van der Waals surface area contributed by atoms with Gasteiger partial charge in [0.05, 0.1) is 50.8 Å². The van der Waals surface area contributed by atoms with Crippen LogP contribution in [0.3, 0.4) is 0 Å². The molecule has 0 rings (SSSR count). The van der Waals surface area contributed by atoms with Gasteiger partial charge in [0.2, 0.25) is 0 Å². The van der Waals surface area contributed by atoms with Gasteiger partial charge in [0.15, 0.2) is 0 Å². The van der Waals surface area contributed by atoms with Crippen LogP contribution in [0.25, 0.3) is 0 Å². The highest BCUT2D eigenvalue weighted by Crippen LogP contribution is 2.00. The van der Waals surface area contributed by atoms with E-state index in [4.69, 9.17) is 24.4 Å². The molecule has 0 unspecified atom stereocenters. The van der Waals surface area contributed by atoms with E-state index in [2.05, 4.69) is 0 Å². The van der Waals surface area contributed by atoms with Crippen LogP contribution in [0.4, 0.5) is 0 Å². The Morgan fingerprint density at radius 2 is 1.18 bits per heavy atom. The Hall–Kier alpha value is -0.200. The van der Waals surface area contributed by atoms with Crippen LogP contribution in [0, 0.1) is 0 Å². The van der Waals surface area contributed by atoms with Crippen molar-refractivity contribution < 1.29 is 24.4 Å². The molecule has 0 aromatic rings. The number of rotatable bonds is 10. The molecule has 2 N–H and O–H groups in total. The lowest BCUT2D eigenvalue weighted by Crippen LogP contribution is -2.27. The Labute approximate surface area is 104 Å². The van der Waals surface area contributed by atoms with E-state index in [0.29, 0.717) is 19.8 Å². The minimum Gasteiger partial charge on any atom is -0.394 e. The van der Waals surface area contributed by atoms with E-state index in [0.717, 1.165) is 0 Å². The molecule has 0 amide bonds. The topological polar surface area (TPSA) is 68.2 Å². The molecule has 4 atom stereocenters. The average molecular weight is 250 g/mol. The molecule has 0 fully saturated rings. The molecule has 0 heterocycles. The zero-order valence-electron chi connectivity index (χ0n) is 11.3. The third-order valence-corrected chi connectivity index (χ3v) is 2.11. The second kappa shape index (κ2) is 9.79. The van der Waals surface area contributed by atoms with E-state index >= 15 is 0 Å². The molecule has 0 bridgehead atoms. The molecule has 0 aliphatic carbocycles. The largest absolute Gasteiger partial charge is 0.394 e. The van der Waals surface area contributed by atoms with Gasteiger partial charge in [-0.3, -0.25) is 0 Å². The highest BCUT2D eigenvalue weighted by atomic mass is 16.6. The maximum atomic E-state index is 9.04. The summed E-state index contributed by atoms with van der Waals surface area (Å²) in [6, 6.07) is 0. The molecule has 0 aliphatic rings. The van der Waals surface area contributed by atoms with Crippen molar-refractivity contribution in [3.05, 3.63) is 0 Å². The molecule has 0 aromatic carbocycles. The highest BCUT2D eigenvalue weighted by Gasteiger charge is 2.09. The molecule has 0 aliphatic heterocycles. The zero-order valence-corrected chi connectivity index (χ0v) is 11.3. The first kappa shape index (κ1) is 16.8. The molecule has 0 saturated carbocycles. The molecule has 0 spiro atoms. The summed E-state index contributed by atoms with van der Waals surface area (Å²) < 4.78 is 16.2. The van der Waals surface area contributed by atoms with Crippen molar-refractivity contribution in [3.63, 3.8) is 0 Å². The molecule has 104 valence electrons. The van der Waals surface area contributed by atoms with Crippen LogP contribution in [-0.2, 0) is 14.2 Å². The predicted molar refractivity (Wildman–Crippen MR) is 65.0 cm³/mol. The van der Waals surface area contributed by atoms with Crippen LogP contribution in [0.5, 0.6) is 0 Å². The number of aliphatic hydroxyl groups is 2. The fourth-order valence-corrected chi connectivity index (χ4v) is 1.05. The summed E-state index contributed by atoms with van der Waals surface area (Å²) >= 11 is 0. The maximum Gasteiger partial charge on any atom is 0.0781 e. The number of ether oxygens (including phenoxy) is 3. The Kier molecular flexibility index (Phi) is 9.68. The quantitative estimate of drug-likeness (QED) is 0.593. The fourth-order valence-electron chi connectivity index (χ4n) is 1.05. The van der Waals surface area contributed by atoms with Gasteiger partial charge in [0.1, 0.15) is 0 Å². The van der Waals surface area contributed by atoms with Gasteiger partial charge < -0.3 is 24.4 Å². The summed E-state index contributed by atoms with van der Waals surface area (Å²) in [4.78, 5) is 0. The predicted octanol–water partition coefficient (Wildman–Crippen LogP) is 0.575. The van der Waals surface area contributed by atoms with Crippen molar-refractivity contribution in [2.24, 2.45) is 0 Å². The molecule has 5 heteroatoms. The summed E-state index contributed by atoms with van der Waals surface area (Å²) in [6.07, 6.45) is -0.711. The van der Waals surface area contributed by atoms with Crippen LogP contribution in [0.2, 0.25) is 0 Å². The first-order chi connectivity index (χ1) is 7.95. The normalized spacial score (nSPS) is 18.7. The summed E-state index contributed by atoms with van der Waals surface area (Å²) in [5.74, 6) is 0. The van der Waals surface area contributed by atoms with Crippen LogP contribution in [-0.4, -0.2) is 61.1 Å². The van der Waals surface area contributed by atoms with Crippen LogP contribution >= 0.6 is 0 Å². The van der Waals surface area contributed by atoms with E-state index < -0.39 is 6.10 Å². The van der Waals surface area contributed by atoms with Crippen molar-refractivity contribution in [1.82, 2.24) is 0 Å². The lowest BCUT2D eigenvalue weighted by Gasteiger charge is -2.19. The third-order valence-electron chi connectivity index (χ3n) is 2.11. The van der Waals surface area contributed by atoms with Gasteiger partial charge in [-0.15, -0.1) is 0 Å². The van der Waals surface area contributed by atoms with Gasteiger partial charge in [-0.05, 0) is 27.7 Å². The van der Waals surface area contributed by atoms with Crippen molar-refractivity contribution in [2.75, 3.05) is 26.4 Å². The Morgan fingerprint density at radius 1 is 0.765 bits per heavy atom. The number of hydrogen-bond acceptors (Lipinski definition) is 5. The SMILES string of the molecule is C[C@H](O)CO[C@H](C)CO[C@@H](C)CO[C@@H](C)CO. The molecule has 0 radical (unpaired) electrons. The molecule has 5 nitrogen and oxygen atoms in total. The van der Waals surface area contributed by atoms with Gasteiger partial charge in [-0.1, -0.05) is 0 Å². The zero-order chi connectivity index (χ0) is 13.3. The smallest absolute Gasteiger partial charge is 0.0781 e. The molecular weight excluding hydrogens is 224 g/mol. The van der Waals surface area contributed by atoms with E-state index in [9.17, 15) is 0 Å². The first-order valence-electron chi connectivity index (χ1n) is 6.09. The number of hydrogen-bond donors (Lipinski definition) is 2.